The van der Waals surface area contributed by atoms with Crippen LogP contribution in [0.5, 0.6) is 0 Å². The van der Waals surface area contributed by atoms with E-state index >= 15 is 0 Å². The molecule has 0 bridgehead atoms. The number of aromatic nitrogens is 2. The topological polar surface area (TPSA) is 78.4 Å². The van der Waals surface area contributed by atoms with Crippen molar-refractivity contribution < 1.29 is 23.1 Å². The smallest absolute Gasteiger partial charge is 0.418 e. The standard InChI is InChI=1S/C27H29F3N4O2S/c1-3-7-18-8-4-5-9-19(18)24-20(27(28,29)30)12-13-21(31-24)33-37-23-11-6-10-22(32-23)34-16-14-26(2,15-17-34)25(35)36/h4-6,8-13H,3,7,14-17H2,1-2H3,(H,31,33)(H,35,36). The number of nitrogens with one attached hydrogen (secondary N) is 1. The molecule has 0 aliphatic carbocycles. The van der Waals surface area contributed by atoms with Gasteiger partial charge in [-0.15, -0.1) is 0 Å². The number of anilines is 2. The second kappa shape index (κ2) is 11.0. The Labute approximate surface area is 218 Å². The molecule has 0 saturated carbocycles. The molecule has 1 aliphatic heterocycles. The summed E-state index contributed by atoms with van der Waals surface area (Å²) in [6, 6.07) is 15.0. The van der Waals surface area contributed by atoms with Crippen molar-refractivity contribution in [1.29, 1.82) is 0 Å². The van der Waals surface area contributed by atoms with Gasteiger partial charge in [0.25, 0.3) is 0 Å². The zero-order chi connectivity index (χ0) is 26.6. The van der Waals surface area contributed by atoms with E-state index in [9.17, 15) is 23.1 Å². The average molecular weight is 531 g/mol. The molecule has 0 atom stereocenters. The molecule has 1 fully saturated rings. The molecule has 3 aromatic rings. The summed E-state index contributed by atoms with van der Waals surface area (Å²) in [4.78, 5) is 22.6. The van der Waals surface area contributed by atoms with Crippen molar-refractivity contribution in [3.05, 3.63) is 65.7 Å². The van der Waals surface area contributed by atoms with E-state index in [2.05, 4.69) is 14.7 Å². The highest BCUT2D eigenvalue weighted by atomic mass is 32.2. The fourth-order valence-corrected chi connectivity index (χ4v) is 4.98. The molecule has 0 amide bonds. The van der Waals surface area contributed by atoms with Gasteiger partial charge in [0.1, 0.15) is 16.7 Å². The zero-order valence-electron chi connectivity index (χ0n) is 20.7. The third kappa shape index (κ3) is 6.18. The molecule has 2 N–H and O–H groups in total. The fraction of sp³-hybridized carbons (Fsp3) is 0.370. The van der Waals surface area contributed by atoms with Crippen LogP contribution in [0.3, 0.4) is 0 Å². The van der Waals surface area contributed by atoms with Gasteiger partial charge in [-0.25, -0.2) is 9.97 Å². The molecule has 37 heavy (non-hydrogen) atoms. The lowest BCUT2D eigenvalue weighted by molar-refractivity contribution is -0.149. The highest BCUT2D eigenvalue weighted by Crippen LogP contribution is 2.39. The number of piperidine rings is 1. The normalized spacial score (nSPS) is 15.4. The summed E-state index contributed by atoms with van der Waals surface area (Å²) in [5.41, 5.74) is -0.304. The molecule has 0 unspecified atom stereocenters. The van der Waals surface area contributed by atoms with Crippen LogP contribution in [0.2, 0.25) is 0 Å². The summed E-state index contributed by atoms with van der Waals surface area (Å²) in [5, 5.41) is 10.1. The zero-order valence-corrected chi connectivity index (χ0v) is 21.5. The molecule has 196 valence electrons. The Balaban J connectivity index is 1.53. The van der Waals surface area contributed by atoms with Crippen molar-refractivity contribution in [2.24, 2.45) is 5.41 Å². The first-order chi connectivity index (χ1) is 17.6. The fourth-order valence-electron chi connectivity index (χ4n) is 4.37. The largest absolute Gasteiger partial charge is 0.481 e. The lowest BCUT2D eigenvalue weighted by atomic mass is 9.80. The van der Waals surface area contributed by atoms with Gasteiger partial charge in [0.05, 0.1) is 16.7 Å². The van der Waals surface area contributed by atoms with Crippen LogP contribution in [0.4, 0.5) is 24.8 Å². The molecule has 0 spiro atoms. The molecule has 1 saturated heterocycles. The highest BCUT2D eigenvalue weighted by molar-refractivity contribution is 8.00. The quantitative estimate of drug-likeness (QED) is 0.306. The Bertz CT molecular complexity index is 1260. The number of aliphatic carboxylic acids is 1. The van der Waals surface area contributed by atoms with Gasteiger partial charge in [-0.1, -0.05) is 43.7 Å². The number of aryl methyl sites for hydroxylation is 1. The number of carbonyl (C=O) groups is 1. The number of hydrogen-bond donors (Lipinski definition) is 2. The molecule has 3 heterocycles. The van der Waals surface area contributed by atoms with Crippen LogP contribution in [0.25, 0.3) is 11.3 Å². The summed E-state index contributed by atoms with van der Waals surface area (Å²) in [6.45, 7) is 4.91. The maximum Gasteiger partial charge on any atom is 0.418 e. The van der Waals surface area contributed by atoms with Crippen LogP contribution in [0, 0.1) is 5.41 Å². The first-order valence-electron chi connectivity index (χ1n) is 12.2. The van der Waals surface area contributed by atoms with Crippen molar-refractivity contribution >= 4 is 29.6 Å². The Morgan fingerprint density at radius 1 is 1.08 bits per heavy atom. The van der Waals surface area contributed by atoms with Gasteiger partial charge in [-0.3, -0.25) is 4.79 Å². The summed E-state index contributed by atoms with van der Waals surface area (Å²) in [6.07, 6.45) is -2.02. The van der Waals surface area contributed by atoms with Gasteiger partial charge in [0, 0.05) is 30.6 Å². The molecular formula is C27H29F3N4O2S. The first kappa shape index (κ1) is 26.8. The molecule has 0 radical (unpaired) electrons. The van der Waals surface area contributed by atoms with E-state index in [1.165, 1.54) is 6.07 Å². The Kier molecular flexibility index (Phi) is 7.96. The number of pyridine rings is 2. The molecule has 6 nitrogen and oxygen atoms in total. The van der Waals surface area contributed by atoms with E-state index in [1.54, 1.807) is 25.1 Å². The highest BCUT2D eigenvalue weighted by Gasteiger charge is 2.37. The molecule has 2 aromatic heterocycles. The van der Waals surface area contributed by atoms with E-state index in [4.69, 9.17) is 0 Å². The van der Waals surface area contributed by atoms with E-state index in [0.717, 1.165) is 35.8 Å². The van der Waals surface area contributed by atoms with Crippen LogP contribution in [-0.4, -0.2) is 34.1 Å². The summed E-state index contributed by atoms with van der Waals surface area (Å²) < 4.78 is 44.5. The van der Waals surface area contributed by atoms with E-state index < -0.39 is 23.1 Å². The van der Waals surface area contributed by atoms with Crippen LogP contribution in [0.15, 0.2) is 59.6 Å². The van der Waals surface area contributed by atoms with Crippen molar-refractivity contribution in [3.8, 4) is 11.3 Å². The van der Waals surface area contributed by atoms with Gasteiger partial charge in [0.2, 0.25) is 0 Å². The van der Waals surface area contributed by atoms with Gasteiger partial charge < -0.3 is 14.7 Å². The predicted molar refractivity (Wildman–Crippen MR) is 140 cm³/mol. The summed E-state index contributed by atoms with van der Waals surface area (Å²) >= 11 is 1.16. The van der Waals surface area contributed by atoms with E-state index in [1.807, 2.05) is 36.1 Å². The van der Waals surface area contributed by atoms with Crippen molar-refractivity contribution in [1.82, 2.24) is 9.97 Å². The minimum Gasteiger partial charge on any atom is -0.481 e. The lowest BCUT2D eigenvalue weighted by Gasteiger charge is -2.37. The van der Waals surface area contributed by atoms with Crippen LogP contribution in [-0.2, 0) is 17.4 Å². The summed E-state index contributed by atoms with van der Waals surface area (Å²) in [5.74, 6) is 0.241. The number of hydrogen-bond acceptors (Lipinski definition) is 6. The number of halogens is 3. The third-order valence-corrected chi connectivity index (χ3v) is 7.42. The second-order valence-corrected chi connectivity index (χ2v) is 10.2. The molecule has 1 aromatic carbocycles. The number of carboxylic acid groups (broad SMARTS) is 1. The minimum atomic E-state index is -4.53. The van der Waals surface area contributed by atoms with Gasteiger partial charge in [-0.05, 0) is 56.0 Å². The van der Waals surface area contributed by atoms with E-state index in [0.29, 0.717) is 48.8 Å². The molecular weight excluding hydrogens is 501 g/mol. The number of carboxylic acids is 1. The number of alkyl halides is 3. The van der Waals surface area contributed by atoms with Crippen molar-refractivity contribution in [2.45, 2.75) is 50.7 Å². The molecule has 1 aliphatic rings. The van der Waals surface area contributed by atoms with Crippen LogP contribution < -0.4 is 9.62 Å². The second-order valence-electron chi connectivity index (χ2n) is 9.39. The average Bonchev–Trinajstić information content (AvgIpc) is 2.88. The van der Waals surface area contributed by atoms with Gasteiger partial charge in [-0.2, -0.15) is 13.2 Å². The Morgan fingerprint density at radius 3 is 2.49 bits per heavy atom. The Hall–Kier alpha value is -3.27. The number of nitrogens with zero attached hydrogens (tertiary/aromatic N) is 3. The maximum absolute atomic E-state index is 13.8. The maximum atomic E-state index is 13.8. The molecule has 10 heteroatoms. The number of rotatable bonds is 8. The van der Waals surface area contributed by atoms with Gasteiger partial charge in [0.15, 0.2) is 0 Å². The van der Waals surface area contributed by atoms with Gasteiger partial charge >= 0.3 is 12.1 Å². The lowest BCUT2D eigenvalue weighted by Crippen LogP contribution is -2.43. The molecule has 4 rings (SSSR count). The summed E-state index contributed by atoms with van der Waals surface area (Å²) in [7, 11) is 0. The SMILES string of the molecule is CCCc1ccccc1-c1nc(NSc2cccc(N3CCC(C)(C(=O)O)CC3)n2)ccc1C(F)(F)F. The van der Waals surface area contributed by atoms with Crippen LogP contribution >= 0.6 is 11.9 Å². The first-order valence-corrected chi connectivity index (χ1v) is 13.0. The monoisotopic (exact) mass is 530 g/mol. The van der Waals surface area contributed by atoms with Crippen molar-refractivity contribution in [2.75, 3.05) is 22.7 Å². The number of benzene rings is 1. The Morgan fingerprint density at radius 2 is 1.81 bits per heavy atom. The van der Waals surface area contributed by atoms with Crippen molar-refractivity contribution in [3.63, 3.8) is 0 Å². The van der Waals surface area contributed by atoms with Crippen LogP contribution in [0.1, 0.15) is 44.2 Å². The predicted octanol–water partition coefficient (Wildman–Crippen LogP) is 6.93. The minimum absolute atomic E-state index is 0.0985. The van der Waals surface area contributed by atoms with E-state index in [-0.39, 0.29) is 5.69 Å². The third-order valence-electron chi connectivity index (χ3n) is 6.67.